The molecule has 0 amide bonds. The lowest BCUT2D eigenvalue weighted by Gasteiger charge is -1.99. The number of hydrogen-bond donors (Lipinski definition) is 1. The van der Waals surface area contributed by atoms with E-state index in [0.717, 1.165) is 23.4 Å². The molecule has 4 nitrogen and oxygen atoms in total. The van der Waals surface area contributed by atoms with E-state index in [1.54, 1.807) is 20.5 Å². The Balaban J connectivity index is 2.13. The largest absolute Gasteiger partial charge is 0.384 e. The number of aliphatic hydroxyl groups excluding tert-OH is 1. The van der Waals surface area contributed by atoms with Gasteiger partial charge in [-0.3, -0.25) is 9.13 Å². The van der Waals surface area contributed by atoms with Crippen molar-refractivity contribution < 1.29 is 5.11 Å². The van der Waals surface area contributed by atoms with Gasteiger partial charge in [0.15, 0.2) is 0 Å². The number of thiophene rings is 1. The van der Waals surface area contributed by atoms with Crippen LogP contribution in [0, 0.1) is 11.8 Å². The molecule has 0 fully saturated rings. The zero-order chi connectivity index (χ0) is 13.7. The Morgan fingerprint density at radius 2 is 2.16 bits per heavy atom. The third kappa shape index (κ3) is 3.37. The van der Waals surface area contributed by atoms with Crippen LogP contribution < -0.4 is 5.69 Å². The molecule has 2 aromatic heterocycles. The smallest absolute Gasteiger partial charge is 0.328 e. The van der Waals surface area contributed by atoms with Crippen molar-refractivity contribution in [1.29, 1.82) is 0 Å². The van der Waals surface area contributed by atoms with Gasteiger partial charge in [-0.15, -0.1) is 11.3 Å². The third-order valence-corrected chi connectivity index (χ3v) is 3.60. The fourth-order valence-corrected chi connectivity index (χ4v) is 2.64. The molecule has 0 saturated heterocycles. The molecule has 0 atom stereocenters. The first kappa shape index (κ1) is 13.7. The highest BCUT2D eigenvalue weighted by Gasteiger charge is 2.05. The lowest BCUT2D eigenvalue weighted by molar-refractivity contribution is 0.350. The second-order valence-electron chi connectivity index (χ2n) is 4.16. The van der Waals surface area contributed by atoms with Crippen molar-refractivity contribution in [3.8, 4) is 11.8 Å². The van der Waals surface area contributed by atoms with Gasteiger partial charge in [0, 0.05) is 34.8 Å². The SMILES string of the molecule is CCCn1ccn(Cc2cc(C#CCO)cs2)c1=O. The van der Waals surface area contributed by atoms with Gasteiger partial charge in [0.05, 0.1) is 6.54 Å². The Morgan fingerprint density at radius 1 is 1.37 bits per heavy atom. The second-order valence-corrected chi connectivity index (χ2v) is 5.16. The molecule has 1 N–H and O–H groups in total. The fourth-order valence-electron chi connectivity index (χ4n) is 1.82. The molecule has 0 aliphatic rings. The molecule has 0 aliphatic heterocycles. The average molecular weight is 276 g/mol. The third-order valence-electron chi connectivity index (χ3n) is 2.67. The lowest BCUT2D eigenvalue weighted by atomic mass is 10.3. The highest BCUT2D eigenvalue weighted by Crippen LogP contribution is 2.14. The van der Waals surface area contributed by atoms with Gasteiger partial charge in [0.2, 0.25) is 0 Å². The summed E-state index contributed by atoms with van der Waals surface area (Å²) in [4.78, 5) is 13.1. The standard InChI is InChI=1S/C14H16N2O2S/c1-2-5-15-6-7-16(14(15)18)10-13-9-12(11-19-13)4-3-8-17/h6-7,9,11,17H,2,5,8,10H2,1H3. The summed E-state index contributed by atoms with van der Waals surface area (Å²) in [6, 6.07) is 1.96. The number of aromatic nitrogens is 2. The van der Waals surface area contributed by atoms with Crippen LogP contribution in [-0.4, -0.2) is 20.8 Å². The molecule has 5 heteroatoms. The molecule has 0 radical (unpaired) electrons. The Bertz CT molecular complexity index is 655. The summed E-state index contributed by atoms with van der Waals surface area (Å²) < 4.78 is 3.42. The molecule has 2 rings (SSSR count). The molecule has 19 heavy (non-hydrogen) atoms. The maximum Gasteiger partial charge on any atom is 0.328 e. The van der Waals surface area contributed by atoms with E-state index in [1.165, 1.54) is 0 Å². The van der Waals surface area contributed by atoms with E-state index in [1.807, 2.05) is 23.8 Å². The quantitative estimate of drug-likeness (QED) is 0.861. The lowest BCUT2D eigenvalue weighted by Crippen LogP contribution is -2.24. The zero-order valence-electron chi connectivity index (χ0n) is 10.8. The monoisotopic (exact) mass is 276 g/mol. The van der Waals surface area contributed by atoms with Crippen molar-refractivity contribution in [2.24, 2.45) is 0 Å². The summed E-state index contributed by atoms with van der Waals surface area (Å²) in [5, 5.41) is 10.6. The predicted octanol–water partition coefficient (Wildman–Crippen LogP) is 1.51. The molecule has 0 saturated carbocycles. The number of hydrogen-bond acceptors (Lipinski definition) is 3. The van der Waals surface area contributed by atoms with Crippen molar-refractivity contribution in [3.05, 3.63) is 44.8 Å². The zero-order valence-corrected chi connectivity index (χ0v) is 11.6. The van der Waals surface area contributed by atoms with Gasteiger partial charge in [-0.2, -0.15) is 0 Å². The number of nitrogens with zero attached hydrogens (tertiary/aromatic N) is 2. The Morgan fingerprint density at radius 3 is 2.89 bits per heavy atom. The number of aryl methyl sites for hydroxylation is 1. The van der Waals surface area contributed by atoms with Crippen molar-refractivity contribution in [2.75, 3.05) is 6.61 Å². The summed E-state index contributed by atoms with van der Waals surface area (Å²) >= 11 is 1.57. The highest BCUT2D eigenvalue weighted by atomic mass is 32.1. The Labute approximate surface area is 115 Å². The van der Waals surface area contributed by atoms with Gasteiger partial charge >= 0.3 is 5.69 Å². The Hall–Kier alpha value is -1.77. The van der Waals surface area contributed by atoms with Crippen LogP contribution in [-0.2, 0) is 13.1 Å². The normalized spacial score (nSPS) is 10.2. The summed E-state index contributed by atoms with van der Waals surface area (Å²) in [6.07, 6.45) is 4.59. The second kappa shape index (κ2) is 6.41. The van der Waals surface area contributed by atoms with Gasteiger partial charge in [-0.25, -0.2) is 4.79 Å². The average Bonchev–Trinajstić information content (AvgIpc) is 2.98. The summed E-state index contributed by atoms with van der Waals surface area (Å²) in [6.45, 7) is 3.24. The van der Waals surface area contributed by atoms with Gasteiger partial charge in [-0.1, -0.05) is 18.8 Å². The Kier molecular flexibility index (Phi) is 4.61. The molecule has 2 heterocycles. The first-order chi connectivity index (χ1) is 9.24. The molecular weight excluding hydrogens is 260 g/mol. The van der Waals surface area contributed by atoms with E-state index < -0.39 is 0 Å². The minimum absolute atomic E-state index is 0.0262. The van der Waals surface area contributed by atoms with Crippen molar-refractivity contribution >= 4 is 11.3 Å². The minimum atomic E-state index is -0.134. The van der Waals surface area contributed by atoms with Gasteiger partial charge in [0.25, 0.3) is 0 Å². The van der Waals surface area contributed by atoms with Gasteiger partial charge in [-0.05, 0) is 12.5 Å². The van der Waals surface area contributed by atoms with Crippen LogP contribution >= 0.6 is 11.3 Å². The molecule has 0 aliphatic carbocycles. The number of rotatable bonds is 4. The van der Waals surface area contributed by atoms with Crippen LogP contribution in [0.15, 0.2) is 28.6 Å². The molecule has 0 spiro atoms. The highest BCUT2D eigenvalue weighted by molar-refractivity contribution is 7.10. The number of imidazole rings is 1. The molecule has 100 valence electrons. The van der Waals surface area contributed by atoms with Crippen LogP contribution in [0.5, 0.6) is 0 Å². The predicted molar refractivity (Wildman–Crippen MR) is 76.4 cm³/mol. The number of aliphatic hydroxyl groups is 1. The van der Waals surface area contributed by atoms with Gasteiger partial charge < -0.3 is 5.11 Å². The summed E-state index contributed by atoms with van der Waals surface area (Å²) in [5.74, 6) is 5.47. The van der Waals surface area contributed by atoms with Crippen LogP contribution in [0.4, 0.5) is 0 Å². The first-order valence-corrected chi connectivity index (χ1v) is 7.05. The van der Waals surface area contributed by atoms with Crippen molar-refractivity contribution in [2.45, 2.75) is 26.4 Å². The topological polar surface area (TPSA) is 47.2 Å². The van der Waals surface area contributed by atoms with Crippen molar-refractivity contribution in [3.63, 3.8) is 0 Å². The van der Waals surface area contributed by atoms with Crippen LogP contribution in [0.2, 0.25) is 0 Å². The van der Waals surface area contributed by atoms with Crippen LogP contribution in [0.1, 0.15) is 23.8 Å². The molecule has 2 aromatic rings. The minimum Gasteiger partial charge on any atom is -0.384 e. The van der Waals surface area contributed by atoms with Crippen LogP contribution in [0.3, 0.4) is 0 Å². The van der Waals surface area contributed by atoms with Crippen molar-refractivity contribution in [1.82, 2.24) is 9.13 Å². The fraction of sp³-hybridized carbons (Fsp3) is 0.357. The summed E-state index contributed by atoms with van der Waals surface area (Å²) in [5.41, 5.74) is 0.910. The van der Waals surface area contributed by atoms with Crippen LogP contribution in [0.25, 0.3) is 0 Å². The maximum absolute atomic E-state index is 12.0. The molecule has 0 unspecified atom stereocenters. The van der Waals surface area contributed by atoms with E-state index in [4.69, 9.17) is 5.11 Å². The van der Waals surface area contributed by atoms with E-state index in [0.29, 0.717) is 6.54 Å². The van der Waals surface area contributed by atoms with Gasteiger partial charge in [0.1, 0.15) is 6.61 Å². The maximum atomic E-state index is 12.0. The van der Waals surface area contributed by atoms with E-state index >= 15 is 0 Å². The van der Waals surface area contributed by atoms with E-state index in [-0.39, 0.29) is 12.3 Å². The van der Waals surface area contributed by atoms with E-state index in [9.17, 15) is 4.79 Å². The first-order valence-electron chi connectivity index (χ1n) is 6.17. The summed E-state index contributed by atoms with van der Waals surface area (Å²) in [7, 11) is 0. The molecule has 0 aromatic carbocycles. The van der Waals surface area contributed by atoms with E-state index in [2.05, 4.69) is 18.8 Å². The molecule has 0 bridgehead atoms. The molecular formula is C14H16N2O2S.